The highest BCUT2D eigenvalue weighted by Crippen LogP contribution is 2.22. The van der Waals surface area contributed by atoms with Crippen molar-refractivity contribution in [3.63, 3.8) is 0 Å². The normalized spacial score (nSPS) is 10.7. The van der Waals surface area contributed by atoms with Crippen LogP contribution in [0.4, 0.5) is 0 Å². The molecule has 0 aliphatic rings. The smallest absolute Gasteiger partial charge is 0.186 e. The minimum absolute atomic E-state index is 0.0221. The Hall–Kier alpha value is -2.00. The first-order chi connectivity index (χ1) is 9.74. The molecule has 0 amide bonds. The molecule has 3 rings (SSSR count). The van der Waals surface area contributed by atoms with Gasteiger partial charge in [-0.15, -0.1) is 0 Å². The van der Waals surface area contributed by atoms with Gasteiger partial charge in [-0.2, -0.15) is 0 Å². The molecule has 0 atom stereocenters. The molecule has 0 radical (unpaired) electrons. The van der Waals surface area contributed by atoms with Crippen molar-refractivity contribution in [1.29, 1.82) is 0 Å². The van der Waals surface area contributed by atoms with Crippen LogP contribution in [0, 0.1) is 0 Å². The first-order valence-electron chi connectivity index (χ1n) is 6.36. The van der Waals surface area contributed by atoms with Crippen LogP contribution in [0.1, 0.15) is 16.1 Å². The molecule has 2 aromatic carbocycles. The van der Waals surface area contributed by atoms with Gasteiger partial charge in [0.05, 0.1) is 5.52 Å². The highest BCUT2D eigenvalue weighted by molar-refractivity contribution is 9.10. The summed E-state index contributed by atoms with van der Waals surface area (Å²) in [5, 5.41) is 1.02. The fourth-order valence-corrected chi connectivity index (χ4v) is 2.71. The predicted molar refractivity (Wildman–Crippen MR) is 83.9 cm³/mol. The predicted octanol–water partition coefficient (Wildman–Crippen LogP) is 4.42. The zero-order valence-electron chi connectivity index (χ0n) is 10.7. The second-order valence-electron chi connectivity index (χ2n) is 4.60. The van der Waals surface area contributed by atoms with Gasteiger partial charge in [-0.1, -0.05) is 48.5 Å². The topological polar surface area (TPSA) is 30.0 Å². The number of aromatic nitrogens is 1. The molecule has 1 aromatic heterocycles. The Morgan fingerprint density at radius 1 is 1.00 bits per heavy atom. The first-order valence-corrected chi connectivity index (χ1v) is 7.16. The van der Waals surface area contributed by atoms with Crippen LogP contribution in [0.5, 0.6) is 0 Å². The zero-order valence-corrected chi connectivity index (χ0v) is 12.3. The van der Waals surface area contributed by atoms with Crippen molar-refractivity contribution in [2.24, 2.45) is 0 Å². The fourth-order valence-electron chi connectivity index (χ4n) is 2.15. The third-order valence-corrected chi connectivity index (χ3v) is 3.75. The molecular weight excluding hydrogens is 314 g/mol. The molecule has 20 heavy (non-hydrogen) atoms. The lowest BCUT2D eigenvalue weighted by Crippen LogP contribution is -2.07. The largest absolute Gasteiger partial charge is 0.292 e. The number of hydrogen-bond donors (Lipinski definition) is 0. The molecule has 2 nitrogen and oxygen atoms in total. The number of hydrogen-bond acceptors (Lipinski definition) is 2. The molecule has 3 aromatic rings. The monoisotopic (exact) mass is 325 g/mol. The van der Waals surface area contributed by atoms with E-state index in [9.17, 15) is 4.79 Å². The van der Waals surface area contributed by atoms with Gasteiger partial charge in [0.15, 0.2) is 5.78 Å². The maximum atomic E-state index is 12.4. The molecule has 0 bridgehead atoms. The molecule has 0 saturated carbocycles. The van der Waals surface area contributed by atoms with E-state index in [4.69, 9.17) is 0 Å². The number of para-hydroxylation sites is 1. The van der Waals surface area contributed by atoms with E-state index >= 15 is 0 Å². The quantitative estimate of drug-likeness (QED) is 0.667. The van der Waals surface area contributed by atoms with Crippen molar-refractivity contribution in [3.05, 3.63) is 76.4 Å². The van der Waals surface area contributed by atoms with Crippen molar-refractivity contribution in [3.8, 4) is 0 Å². The van der Waals surface area contributed by atoms with Crippen molar-refractivity contribution in [2.45, 2.75) is 6.42 Å². The average molecular weight is 326 g/mol. The molecule has 98 valence electrons. The van der Waals surface area contributed by atoms with Crippen molar-refractivity contribution >= 4 is 32.6 Å². The Morgan fingerprint density at radius 2 is 1.70 bits per heavy atom. The average Bonchev–Trinajstić information content (AvgIpc) is 2.47. The molecule has 1 heterocycles. The lowest BCUT2D eigenvalue weighted by molar-refractivity contribution is 0.0988. The van der Waals surface area contributed by atoms with Crippen LogP contribution in [0.25, 0.3) is 10.9 Å². The van der Waals surface area contributed by atoms with Gasteiger partial charge >= 0.3 is 0 Å². The maximum absolute atomic E-state index is 12.4. The number of ketones is 1. The molecule has 0 spiro atoms. The molecule has 0 aliphatic carbocycles. The summed E-state index contributed by atoms with van der Waals surface area (Å²) in [5.74, 6) is 0.0221. The summed E-state index contributed by atoms with van der Waals surface area (Å²) in [5.41, 5.74) is 2.33. The zero-order chi connectivity index (χ0) is 13.9. The van der Waals surface area contributed by atoms with Gasteiger partial charge in [-0.3, -0.25) is 4.79 Å². The van der Waals surface area contributed by atoms with Gasteiger partial charge in [-0.05, 0) is 33.6 Å². The third kappa shape index (κ3) is 2.63. The fraction of sp³-hybridized carbons (Fsp3) is 0.0588. The van der Waals surface area contributed by atoms with Gasteiger partial charge in [0, 0.05) is 16.3 Å². The summed E-state index contributed by atoms with van der Waals surface area (Å²) in [7, 11) is 0. The van der Waals surface area contributed by atoms with Gasteiger partial charge in [0.25, 0.3) is 0 Å². The van der Waals surface area contributed by atoms with E-state index in [-0.39, 0.29) is 5.78 Å². The molecule has 0 saturated heterocycles. The van der Waals surface area contributed by atoms with Crippen LogP contribution >= 0.6 is 15.9 Å². The number of halogens is 1. The molecule has 0 fully saturated rings. The number of carbonyl (C=O) groups is 1. The van der Waals surface area contributed by atoms with Crippen LogP contribution < -0.4 is 0 Å². The summed E-state index contributed by atoms with van der Waals surface area (Å²) in [6.45, 7) is 0. The number of benzene rings is 2. The van der Waals surface area contributed by atoms with Crippen molar-refractivity contribution in [2.75, 3.05) is 0 Å². The summed E-state index contributed by atoms with van der Waals surface area (Å²) in [6.07, 6.45) is 0.366. The van der Waals surface area contributed by atoms with Gasteiger partial charge in [0.1, 0.15) is 5.69 Å². The highest BCUT2D eigenvalue weighted by Gasteiger charge is 2.13. The summed E-state index contributed by atoms with van der Waals surface area (Å²) >= 11 is 3.45. The molecule has 3 heteroatoms. The molecule has 0 unspecified atom stereocenters. The molecule has 0 N–H and O–H groups in total. The minimum atomic E-state index is 0.0221. The SMILES string of the molecule is O=C(Cc1ccccc1)c1nc2ccccc2cc1Br. The molecular formula is C17H12BrNO. The van der Waals surface area contributed by atoms with E-state index < -0.39 is 0 Å². The van der Waals surface area contributed by atoms with E-state index in [0.29, 0.717) is 12.1 Å². The van der Waals surface area contributed by atoms with E-state index in [1.54, 1.807) is 0 Å². The number of nitrogens with zero attached hydrogens (tertiary/aromatic N) is 1. The van der Waals surface area contributed by atoms with Crippen molar-refractivity contribution in [1.82, 2.24) is 4.98 Å². The third-order valence-electron chi connectivity index (χ3n) is 3.15. The van der Waals surface area contributed by atoms with Gasteiger partial charge in [0.2, 0.25) is 0 Å². The number of rotatable bonds is 3. The van der Waals surface area contributed by atoms with E-state index in [1.807, 2.05) is 60.7 Å². The second kappa shape index (κ2) is 5.55. The number of Topliss-reactive ketones (excluding diaryl/α,β-unsaturated/α-hetero) is 1. The van der Waals surface area contributed by atoms with Crippen molar-refractivity contribution < 1.29 is 4.79 Å². The Labute approximate surface area is 125 Å². The summed E-state index contributed by atoms with van der Waals surface area (Å²) in [4.78, 5) is 16.9. The lowest BCUT2D eigenvalue weighted by atomic mass is 10.1. The number of pyridine rings is 1. The molecule has 0 aliphatic heterocycles. The lowest BCUT2D eigenvalue weighted by Gasteiger charge is -2.05. The Morgan fingerprint density at radius 3 is 2.50 bits per heavy atom. The van der Waals surface area contributed by atoms with Crippen LogP contribution in [0.3, 0.4) is 0 Å². The van der Waals surface area contributed by atoms with Gasteiger partial charge in [-0.25, -0.2) is 4.98 Å². The number of carbonyl (C=O) groups excluding carboxylic acids is 1. The van der Waals surface area contributed by atoms with E-state index in [1.165, 1.54) is 0 Å². The second-order valence-corrected chi connectivity index (χ2v) is 5.45. The van der Waals surface area contributed by atoms with E-state index in [0.717, 1.165) is 20.9 Å². The summed E-state index contributed by atoms with van der Waals surface area (Å²) < 4.78 is 0.747. The maximum Gasteiger partial charge on any atom is 0.186 e. The van der Waals surface area contributed by atoms with Crippen LogP contribution in [-0.2, 0) is 6.42 Å². The van der Waals surface area contributed by atoms with Crippen LogP contribution in [-0.4, -0.2) is 10.8 Å². The van der Waals surface area contributed by atoms with E-state index in [2.05, 4.69) is 20.9 Å². The summed E-state index contributed by atoms with van der Waals surface area (Å²) in [6, 6.07) is 19.5. The van der Waals surface area contributed by atoms with Crippen LogP contribution in [0.2, 0.25) is 0 Å². The van der Waals surface area contributed by atoms with Gasteiger partial charge < -0.3 is 0 Å². The Kier molecular flexibility index (Phi) is 3.61. The minimum Gasteiger partial charge on any atom is -0.292 e. The van der Waals surface area contributed by atoms with Crippen LogP contribution in [0.15, 0.2) is 65.1 Å². The highest BCUT2D eigenvalue weighted by atomic mass is 79.9. The first kappa shape index (κ1) is 13.0. The Balaban J connectivity index is 1.97. The standard InChI is InChI=1S/C17H12BrNO/c18-14-11-13-8-4-5-9-15(13)19-17(14)16(20)10-12-6-2-1-3-7-12/h1-9,11H,10H2. The Bertz CT molecular complexity index is 768. The number of fused-ring (bicyclic) bond motifs is 1.